The Kier molecular flexibility index (Phi) is 7.00. The van der Waals surface area contributed by atoms with Gasteiger partial charge in [0.2, 0.25) is 0 Å². The summed E-state index contributed by atoms with van der Waals surface area (Å²) in [6, 6.07) is 14.9. The van der Waals surface area contributed by atoms with Gasteiger partial charge in [0.25, 0.3) is 23.2 Å². The maximum Gasteiger partial charge on any atom is 0.277 e. The van der Waals surface area contributed by atoms with Crippen molar-refractivity contribution < 1.29 is 28.9 Å². The van der Waals surface area contributed by atoms with Gasteiger partial charge < -0.3 is 19.7 Å². The summed E-state index contributed by atoms with van der Waals surface area (Å²) >= 11 is 0. The van der Waals surface area contributed by atoms with Gasteiger partial charge in [-0.05, 0) is 43.7 Å². The quantitative estimate of drug-likeness (QED) is 0.351. The van der Waals surface area contributed by atoms with E-state index in [1.807, 2.05) is 31.2 Å². The largest absolute Gasteiger partial charge is 0.492 e. The maximum atomic E-state index is 12.8. The van der Waals surface area contributed by atoms with Gasteiger partial charge >= 0.3 is 0 Å². The maximum absolute atomic E-state index is 12.8. The molecule has 0 spiro atoms. The minimum absolute atomic E-state index is 0.241. The van der Waals surface area contributed by atoms with Crippen LogP contribution in [0.5, 0.6) is 11.5 Å². The van der Waals surface area contributed by atoms with Crippen LogP contribution in [0.1, 0.15) is 22.8 Å². The number of non-ortho nitro benzene ring substituents is 2. The molecule has 0 aliphatic carbocycles. The molecule has 0 fully saturated rings. The summed E-state index contributed by atoms with van der Waals surface area (Å²) in [6.07, 6.45) is -0.781. The number of amides is 2. The number of nitro benzene ring substituents is 2. The predicted octanol–water partition coefficient (Wildman–Crippen LogP) is 4.26. The smallest absolute Gasteiger partial charge is 0.277 e. The molecule has 2 amide bonds. The highest BCUT2D eigenvalue weighted by Crippen LogP contribution is 2.36. The first-order valence-corrected chi connectivity index (χ1v) is 11.2. The van der Waals surface area contributed by atoms with Crippen LogP contribution in [0.3, 0.4) is 0 Å². The summed E-state index contributed by atoms with van der Waals surface area (Å²) < 4.78 is 11.5. The van der Waals surface area contributed by atoms with Gasteiger partial charge in [0.1, 0.15) is 18.1 Å². The number of fused-ring (bicyclic) bond motifs is 1. The number of nitro groups is 2. The Morgan fingerprint density at radius 2 is 1.76 bits per heavy atom. The summed E-state index contributed by atoms with van der Waals surface area (Å²) in [5.41, 5.74) is 0.398. The number of carbonyl (C=O) groups is 2. The third-order valence-corrected chi connectivity index (χ3v) is 5.59. The van der Waals surface area contributed by atoms with Crippen molar-refractivity contribution >= 4 is 34.6 Å². The predicted molar refractivity (Wildman–Crippen MR) is 133 cm³/mol. The number of carbonyl (C=O) groups excluding carboxylic acids is 2. The van der Waals surface area contributed by atoms with Crippen LogP contribution in [-0.2, 0) is 4.79 Å². The molecule has 1 aliphatic heterocycles. The van der Waals surface area contributed by atoms with Crippen LogP contribution < -0.4 is 19.7 Å². The van der Waals surface area contributed by atoms with E-state index in [9.17, 15) is 29.8 Å². The molecule has 1 heterocycles. The average Bonchev–Trinajstić information content (AvgIpc) is 2.86. The Hall–Kier alpha value is -5.00. The molecule has 3 aromatic carbocycles. The fraction of sp³-hybridized carbons (Fsp3) is 0.200. The van der Waals surface area contributed by atoms with Crippen LogP contribution in [0, 0.1) is 27.2 Å². The number of nitrogens with one attached hydrogen (secondary N) is 1. The number of benzene rings is 3. The molecule has 37 heavy (non-hydrogen) atoms. The number of hydrogen-bond acceptors (Lipinski definition) is 8. The summed E-state index contributed by atoms with van der Waals surface area (Å²) in [6.45, 7) is 4.06. The molecule has 1 atom stereocenters. The third kappa shape index (κ3) is 5.64. The normalized spacial score (nSPS) is 14.4. The van der Waals surface area contributed by atoms with Gasteiger partial charge in [0.15, 0.2) is 6.10 Å². The lowest BCUT2D eigenvalue weighted by Gasteiger charge is -2.33. The SMILES string of the molecule is Cc1cccc(OCCN2C(=O)C(C)Oc3cc(NC(=O)c4cc([N+](=O)[O-])cc([N+](=O)[O-])c4)ccc32)c1. The average molecular weight is 506 g/mol. The zero-order valence-corrected chi connectivity index (χ0v) is 19.9. The lowest BCUT2D eigenvalue weighted by Crippen LogP contribution is -2.46. The monoisotopic (exact) mass is 506 g/mol. The summed E-state index contributed by atoms with van der Waals surface area (Å²) in [4.78, 5) is 47.7. The van der Waals surface area contributed by atoms with Crippen molar-refractivity contribution in [1.29, 1.82) is 0 Å². The Balaban J connectivity index is 1.52. The Morgan fingerprint density at radius 3 is 2.41 bits per heavy atom. The topological polar surface area (TPSA) is 154 Å². The zero-order valence-electron chi connectivity index (χ0n) is 19.9. The molecule has 12 heteroatoms. The van der Waals surface area contributed by atoms with E-state index in [-0.39, 0.29) is 30.3 Å². The van der Waals surface area contributed by atoms with E-state index in [0.717, 1.165) is 23.8 Å². The fourth-order valence-electron chi connectivity index (χ4n) is 3.82. The molecule has 190 valence electrons. The minimum atomic E-state index is -0.813. The highest BCUT2D eigenvalue weighted by Gasteiger charge is 2.32. The van der Waals surface area contributed by atoms with Gasteiger partial charge in [-0.1, -0.05) is 12.1 Å². The van der Waals surface area contributed by atoms with Crippen LogP contribution in [0.15, 0.2) is 60.7 Å². The molecule has 1 unspecified atom stereocenters. The molecule has 0 bridgehead atoms. The van der Waals surface area contributed by atoms with E-state index in [0.29, 0.717) is 17.2 Å². The van der Waals surface area contributed by atoms with Gasteiger partial charge in [-0.15, -0.1) is 0 Å². The molecule has 1 aliphatic rings. The van der Waals surface area contributed by atoms with Crippen molar-refractivity contribution in [3.63, 3.8) is 0 Å². The van der Waals surface area contributed by atoms with Crippen molar-refractivity contribution in [2.24, 2.45) is 0 Å². The first kappa shape index (κ1) is 25.1. The van der Waals surface area contributed by atoms with Crippen LogP contribution in [0.25, 0.3) is 0 Å². The second kappa shape index (κ2) is 10.3. The second-order valence-corrected chi connectivity index (χ2v) is 8.30. The standard InChI is InChI=1S/C25H22N4O8/c1-15-4-3-5-21(10-15)36-9-8-27-22-7-6-18(13-23(22)37-16(2)25(27)31)26-24(30)17-11-19(28(32)33)14-20(12-17)29(34)35/h3-7,10-14,16H,8-9H2,1-2H3,(H,26,30). The van der Waals surface area contributed by atoms with E-state index in [1.54, 1.807) is 13.0 Å². The Morgan fingerprint density at radius 1 is 1.05 bits per heavy atom. The minimum Gasteiger partial charge on any atom is -0.492 e. The molecular weight excluding hydrogens is 484 g/mol. The van der Waals surface area contributed by atoms with Crippen molar-refractivity contribution in [3.05, 3.63) is 92.0 Å². The van der Waals surface area contributed by atoms with Crippen molar-refractivity contribution in [2.45, 2.75) is 20.0 Å². The second-order valence-electron chi connectivity index (χ2n) is 8.30. The van der Waals surface area contributed by atoms with Crippen LogP contribution in [-0.4, -0.2) is 40.9 Å². The first-order chi connectivity index (χ1) is 17.6. The first-order valence-electron chi connectivity index (χ1n) is 11.2. The molecule has 3 aromatic rings. The number of nitrogens with zero attached hydrogens (tertiary/aromatic N) is 3. The van der Waals surface area contributed by atoms with Gasteiger partial charge in [-0.2, -0.15) is 0 Å². The Labute approximate surface area is 210 Å². The summed E-state index contributed by atoms with van der Waals surface area (Å²) in [7, 11) is 0. The lowest BCUT2D eigenvalue weighted by atomic mass is 10.1. The highest BCUT2D eigenvalue weighted by atomic mass is 16.6. The van der Waals surface area contributed by atoms with Gasteiger partial charge in [0.05, 0.1) is 33.7 Å². The molecule has 0 aromatic heterocycles. The molecule has 0 radical (unpaired) electrons. The molecule has 4 rings (SSSR count). The van der Waals surface area contributed by atoms with E-state index in [2.05, 4.69) is 5.32 Å². The van der Waals surface area contributed by atoms with E-state index >= 15 is 0 Å². The summed E-state index contributed by atoms with van der Waals surface area (Å²) in [5, 5.41) is 24.8. The van der Waals surface area contributed by atoms with Gasteiger partial charge in [0, 0.05) is 23.9 Å². The molecule has 0 saturated heterocycles. The van der Waals surface area contributed by atoms with Crippen LogP contribution >= 0.6 is 0 Å². The van der Waals surface area contributed by atoms with E-state index in [1.165, 1.54) is 17.0 Å². The van der Waals surface area contributed by atoms with Crippen molar-refractivity contribution in [3.8, 4) is 11.5 Å². The molecule has 1 N–H and O–H groups in total. The van der Waals surface area contributed by atoms with E-state index in [4.69, 9.17) is 9.47 Å². The lowest BCUT2D eigenvalue weighted by molar-refractivity contribution is -0.394. The number of rotatable bonds is 8. The molecule has 0 saturated carbocycles. The third-order valence-electron chi connectivity index (χ3n) is 5.59. The Bertz CT molecular complexity index is 1370. The van der Waals surface area contributed by atoms with E-state index < -0.39 is 33.2 Å². The highest BCUT2D eigenvalue weighted by molar-refractivity contribution is 6.06. The van der Waals surface area contributed by atoms with Crippen LogP contribution in [0.2, 0.25) is 0 Å². The van der Waals surface area contributed by atoms with Crippen molar-refractivity contribution in [2.75, 3.05) is 23.4 Å². The number of hydrogen-bond donors (Lipinski definition) is 1. The molecule has 12 nitrogen and oxygen atoms in total. The van der Waals surface area contributed by atoms with Gasteiger partial charge in [-0.25, -0.2) is 0 Å². The summed E-state index contributed by atoms with van der Waals surface area (Å²) in [5.74, 6) is -0.00460. The zero-order chi connectivity index (χ0) is 26.7. The fourth-order valence-corrected chi connectivity index (χ4v) is 3.82. The van der Waals surface area contributed by atoms with Crippen molar-refractivity contribution in [1.82, 2.24) is 0 Å². The number of aryl methyl sites for hydroxylation is 1. The number of anilines is 2. The van der Waals surface area contributed by atoms with Crippen LogP contribution in [0.4, 0.5) is 22.7 Å². The molecular formula is C25H22N4O8. The van der Waals surface area contributed by atoms with Gasteiger partial charge in [-0.3, -0.25) is 29.8 Å². The number of ether oxygens (including phenoxy) is 2.